The number of amides is 1. The van der Waals surface area contributed by atoms with Gasteiger partial charge in [-0.25, -0.2) is 0 Å². The zero-order valence-electron chi connectivity index (χ0n) is 16.8. The van der Waals surface area contributed by atoms with Crippen LogP contribution in [0.2, 0.25) is 0 Å². The second-order valence-corrected chi connectivity index (χ2v) is 8.36. The molecular formula is C22H35N3O. The minimum Gasteiger partial charge on any atom is -0.336 e. The van der Waals surface area contributed by atoms with E-state index in [9.17, 15) is 4.79 Å². The lowest BCUT2D eigenvalue weighted by Gasteiger charge is -2.48. The van der Waals surface area contributed by atoms with E-state index in [1.165, 1.54) is 36.9 Å². The van der Waals surface area contributed by atoms with E-state index < -0.39 is 0 Å². The largest absolute Gasteiger partial charge is 0.336 e. The van der Waals surface area contributed by atoms with Gasteiger partial charge in [0, 0.05) is 25.0 Å². The van der Waals surface area contributed by atoms with Crippen LogP contribution in [0.4, 0.5) is 0 Å². The summed E-state index contributed by atoms with van der Waals surface area (Å²) in [6.07, 6.45) is 6.45. The molecule has 0 saturated carbocycles. The average Bonchev–Trinajstić information content (AvgIpc) is 2.78. The summed E-state index contributed by atoms with van der Waals surface area (Å²) in [4.78, 5) is 20.0. The number of likely N-dealkylation sites (tertiary alicyclic amines) is 1. The molecule has 1 fully saturated rings. The van der Waals surface area contributed by atoms with Crippen LogP contribution in [-0.2, 0) is 17.8 Å². The SMILES string of the molecule is CCN1CCCCC12Cc1ccccc1CN(C(=O)CCCN(C)C)C2. The highest BCUT2D eigenvalue weighted by molar-refractivity contribution is 5.76. The van der Waals surface area contributed by atoms with Crippen molar-refractivity contribution in [2.24, 2.45) is 0 Å². The van der Waals surface area contributed by atoms with Crippen molar-refractivity contribution in [3.8, 4) is 0 Å². The Morgan fingerprint density at radius 1 is 1.19 bits per heavy atom. The lowest BCUT2D eigenvalue weighted by atomic mass is 9.81. The Bertz CT molecular complexity index is 615. The van der Waals surface area contributed by atoms with Gasteiger partial charge < -0.3 is 9.80 Å². The highest BCUT2D eigenvalue weighted by atomic mass is 16.2. The number of carbonyl (C=O) groups excluding carboxylic acids is 1. The van der Waals surface area contributed by atoms with Gasteiger partial charge in [-0.15, -0.1) is 0 Å². The van der Waals surface area contributed by atoms with Crippen molar-refractivity contribution < 1.29 is 4.79 Å². The topological polar surface area (TPSA) is 26.8 Å². The van der Waals surface area contributed by atoms with Crippen molar-refractivity contribution >= 4 is 5.91 Å². The summed E-state index contributed by atoms with van der Waals surface area (Å²) in [7, 11) is 4.14. The Kier molecular flexibility index (Phi) is 6.36. The monoisotopic (exact) mass is 357 g/mol. The van der Waals surface area contributed by atoms with Gasteiger partial charge in [-0.2, -0.15) is 0 Å². The molecule has 4 nitrogen and oxygen atoms in total. The Balaban J connectivity index is 1.84. The van der Waals surface area contributed by atoms with Gasteiger partial charge in [0.25, 0.3) is 0 Å². The van der Waals surface area contributed by atoms with Crippen molar-refractivity contribution in [3.05, 3.63) is 35.4 Å². The fourth-order valence-corrected chi connectivity index (χ4v) is 4.82. The number of likely N-dealkylation sites (N-methyl/N-ethyl adjacent to an activating group) is 1. The standard InChI is InChI=1S/C22H35N3O/c1-4-25-15-8-7-13-22(25)16-19-10-5-6-11-20(19)17-24(18-22)21(26)12-9-14-23(2)3/h5-6,10-11H,4,7-9,12-18H2,1-3H3. The van der Waals surface area contributed by atoms with Crippen LogP contribution in [0, 0.1) is 0 Å². The predicted octanol–water partition coefficient (Wildman–Crippen LogP) is 3.16. The highest BCUT2D eigenvalue weighted by Crippen LogP contribution is 2.36. The maximum Gasteiger partial charge on any atom is 0.222 e. The van der Waals surface area contributed by atoms with Gasteiger partial charge in [-0.05, 0) is 70.5 Å². The summed E-state index contributed by atoms with van der Waals surface area (Å²) < 4.78 is 0. The molecule has 2 aliphatic heterocycles. The molecule has 0 aliphatic carbocycles. The summed E-state index contributed by atoms with van der Waals surface area (Å²) in [6.45, 7) is 7.15. The number of nitrogens with zero attached hydrogens (tertiary/aromatic N) is 3. The summed E-state index contributed by atoms with van der Waals surface area (Å²) in [5, 5.41) is 0. The number of fused-ring (bicyclic) bond motifs is 1. The molecule has 1 aromatic rings. The smallest absolute Gasteiger partial charge is 0.222 e. The van der Waals surface area contributed by atoms with E-state index in [1.807, 2.05) is 0 Å². The first-order chi connectivity index (χ1) is 12.5. The normalized spacial score (nSPS) is 23.9. The van der Waals surface area contributed by atoms with E-state index >= 15 is 0 Å². The fourth-order valence-electron chi connectivity index (χ4n) is 4.82. The van der Waals surface area contributed by atoms with Crippen molar-refractivity contribution in [1.29, 1.82) is 0 Å². The van der Waals surface area contributed by atoms with Crippen LogP contribution in [0.1, 0.15) is 50.2 Å². The second-order valence-electron chi connectivity index (χ2n) is 8.36. The van der Waals surface area contributed by atoms with Crippen molar-refractivity contribution in [2.75, 3.05) is 40.3 Å². The van der Waals surface area contributed by atoms with Crippen molar-refractivity contribution in [1.82, 2.24) is 14.7 Å². The maximum absolute atomic E-state index is 13.1. The van der Waals surface area contributed by atoms with Gasteiger partial charge in [-0.3, -0.25) is 9.69 Å². The van der Waals surface area contributed by atoms with Gasteiger partial charge in [0.2, 0.25) is 5.91 Å². The molecule has 1 saturated heterocycles. The molecule has 3 rings (SSSR count). The molecule has 2 heterocycles. The summed E-state index contributed by atoms with van der Waals surface area (Å²) >= 11 is 0. The maximum atomic E-state index is 13.1. The zero-order valence-corrected chi connectivity index (χ0v) is 16.8. The molecule has 1 atom stereocenters. The predicted molar refractivity (Wildman–Crippen MR) is 107 cm³/mol. The fraction of sp³-hybridized carbons (Fsp3) is 0.682. The Morgan fingerprint density at radius 2 is 1.96 bits per heavy atom. The third kappa shape index (κ3) is 4.29. The average molecular weight is 358 g/mol. The first-order valence-electron chi connectivity index (χ1n) is 10.3. The molecule has 1 spiro atoms. The van der Waals surface area contributed by atoms with E-state index in [-0.39, 0.29) is 5.54 Å². The van der Waals surface area contributed by atoms with Crippen LogP contribution < -0.4 is 0 Å². The van der Waals surface area contributed by atoms with Gasteiger partial charge in [0.1, 0.15) is 0 Å². The summed E-state index contributed by atoms with van der Waals surface area (Å²) in [5.74, 6) is 0.324. The molecule has 0 N–H and O–H groups in total. The Hall–Kier alpha value is -1.39. The first-order valence-corrected chi connectivity index (χ1v) is 10.3. The number of hydrogen-bond donors (Lipinski definition) is 0. The molecule has 2 aliphatic rings. The van der Waals surface area contributed by atoms with Crippen LogP contribution in [0.25, 0.3) is 0 Å². The minimum absolute atomic E-state index is 0.122. The van der Waals surface area contributed by atoms with Gasteiger partial charge >= 0.3 is 0 Å². The third-order valence-electron chi connectivity index (χ3n) is 6.21. The molecule has 4 heteroatoms. The van der Waals surface area contributed by atoms with Crippen LogP contribution in [0.5, 0.6) is 0 Å². The van der Waals surface area contributed by atoms with Crippen LogP contribution in [0.3, 0.4) is 0 Å². The molecule has 144 valence electrons. The Morgan fingerprint density at radius 3 is 2.69 bits per heavy atom. The van der Waals surface area contributed by atoms with Crippen molar-refractivity contribution in [3.63, 3.8) is 0 Å². The van der Waals surface area contributed by atoms with Gasteiger partial charge in [0.05, 0.1) is 0 Å². The highest BCUT2D eigenvalue weighted by Gasteiger charge is 2.42. The first kappa shape index (κ1) is 19.4. The molecule has 26 heavy (non-hydrogen) atoms. The lowest BCUT2D eigenvalue weighted by molar-refractivity contribution is -0.134. The van der Waals surface area contributed by atoms with Crippen LogP contribution in [-0.4, -0.2) is 66.4 Å². The van der Waals surface area contributed by atoms with Gasteiger partial charge in [0.15, 0.2) is 0 Å². The number of rotatable bonds is 5. The minimum atomic E-state index is 0.122. The quantitative estimate of drug-likeness (QED) is 0.810. The lowest BCUT2D eigenvalue weighted by Crippen LogP contribution is -2.59. The molecule has 1 amide bonds. The van der Waals surface area contributed by atoms with Crippen molar-refractivity contribution in [2.45, 2.75) is 57.5 Å². The zero-order chi connectivity index (χ0) is 18.6. The second kappa shape index (κ2) is 8.53. The molecule has 1 unspecified atom stereocenters. The molecule has 1 aromatic carbocycles. The van der Waals surface area contributed by atoms with Crippen LogP contribution in [0.15, 0.2) is 24.3 Å². The number of benzene rings is 1. The van der Waals surface area contributed by atoms with Crippen LogP contribution >= 0.6 is 0 Å². The molecular weight excluding hydrogens is 322 g/mol. The van der Waals surface area contributed by atoms with E-state index in [1.54, 1.807) is 0 Å². The Labute approximate surface area is 159 Å². The number of carbonyl (C=O) groups is 1. The van der Waals surface area contributed by atoms with Gasteiger partial charge in [-0.1, -0.05) is 37.6 Å². The number of hydrogen-bond acceptors (Lipinski definition) is 3. The third-order valence-corrected chi connectivity index (χ3v) is 6.21. The molecule has 0 aromatic heterocycles. The summed E-state index contributed by atoms with van der Waals surface area (Å²) in [5.41, 5.74) is 2.90. The van der Waals surface area contributed by atoms with E-state index in [0.29, 0.717) is 12.3 Å². The molecule has 0 bridgehead atoms. The van der Waals surface area contributed by atoms with E-state index in [0.717, 1.165) is 39.0 Å². The molecule has 0 radical (unpaired) electrons. The van der Waals surface area contributed by atoms with E-state index in [4.69, 9.17) is 0 Å². The van der Waals surface area contributed by atoms with E-state index in [2.05, 4.69) is 60.0 Å². The number of piperidine rings is 1. The summed E-state index contributed by atoms with van der Waals surface area (Å²) in [6, 6.07) is 8.76.